The monoisotopic (exact) mass is 261 g/mol. The number of aryl methyl sites for hydroxylation is 2. The Morgan fingerprint density at radius 1 is 1.26 bits per heavy atom. The van der Waals surface area contributed by atoms with Crippen LogP contribution >= 0.6 is 0 Å². The zero-order valence-corrected chi connectivity index (χ0v) is 11.7. The summed E-state index contributed by atoms with van der Waals surface area (Å²) in [5, 5.41) is 7.91. The normalized spacial score (nSPS) is 12.6. The fourth-order valence-electron chi connectivity index (χ4n) is 2.24. The highest BCUT2D eigenvalue weighted by Crippen LogP contribution is 2.22. The van der Waals surface area contributed by atoms with Gasteiger partial charge < -0.3 is 5.32 Å². The maximum atomic E-state index is 13.0. The average molecular weight is 261 g/mol. The van der Waals surface area contributed by atoms with Crippen molar-refractivity contribution in [2.75, 3.05) is 6.54 Å². The molecule has 102 valence electrons. The molecule has 1 atom stereocenters. The van der Waals surface area contributed by atoms with Crippen LogP contribution in [0.3, 0.4) is 0 Å². The maximum absolute atomic E-state index is 13.0. The second-order valence-electron chi connectivity index (χ2n) is 4.58. The van der Waals surface area contributed by atoms with Gasteiger partial charge in [0.2, 0.25) is 0 Å². The highest BCUT2D eigenvalue weighted by Gasteiger charge is 2.17. The number of benzene rings is 1. The van der Waals surface area contributed by atoms with Gasteiger partial charge in [0.05, 0.1) is 17.4 Å². The SMILES string of the molecule is CCNC(c1ccc(F)cc1)c1cc(CC)nn1C. The van der Waals surface area contributed by atoms with Gasteiger partial charge in [-0.05, 0) is 36.7 Å². The molecular formula is C15H20FN3. The Balaban J connectivity index is 2.38. The molecule has 0 amide bonds. The summed E-state index contributed by atoms with van der Waals surface area (Å²) in [4.78, 5) is 0. The van der Waals surface area contributed by atoms with Crippen molar-refractivity contribution in [3.8, 4) is 0 Å². The molecule has 2 rings (SSSR count). The third-order valence-corrected chi connectivity index (χ3v) is 3.24. The summed E-state index contributed by atoms with van der Waals surface area (Å²) in [5.41, 5.74) is 3.22. The van der Waals surface area contributed by atoms with Crippen molar-refractivity contribution >= 4 is 0 Å². The predicted molar refractivity (Wildman–Crippen MR) is 74.5 cm³/mol. The molecule has 1 aromatic heterocycles. The van der Waals surface area contributed by atoms with Gasteiger partial charge in [-0.25, -0.2) is 4.39 Å². The van der Waals surface area contributed by atoms with Crippen molar-refractivity contribution in [2.24, 2.45) is 7.05 Å². The Morgan fingerprint density at radius 3 is 2.47 bits per heavy atom. The summed E-state index contributed by atoms with van der Waals surface area (Å²) in [6, 6.07) is 8.79. The van der Waals surface area contributed by atoms with Crippen molar-refractivity contribution < 1.29 is 4.39 Å². The van der Waals surface area contributed by atoms with E-state index in [0.29, 0.717) is 0 Å². The molecule has 19 heavy (non-hydrogen) atoms. The Labute approximate surface area is 113 Å². The summed E-state index contributed by atoms with van der Waals surface area (Å²) in [7, 11) is 1.95. The molecule has 0 aliphatic carbocycles. The Bertz CT molecular complexity index is 531. The number of hydrogen-bond acceptors (Lipinski definition) is 2. The van der Waals surface area contributed by atoms with Gasteiger partial charge >= 0.3 is 0 Å². The van der Waals surface area contributed by atoms with Gasteiger partial charge in [0.15, 0.2) is 0 Å². The van der Waals surface area contributed by atoms with Crippen LogP contribution in [0.4, 0.5) is 4.39 Å². The second kappa shape index (κ2) is 5.97. The fraction of sp³-hybridized carbons (Fsp3) is 0.400. The van der Waals surface area contributed by atoms with Crippen molar-refractivity contribution in [2.45, 2.75) is 26.3 Å². The molecule has 0 aliphatic rings. The molecular weight excluding hydrogens is 241 g/mol. The summed E-state index contributed by atoms with van der Waals surface area (Å²) < 4.78 is 14.9. The molecule has 3 nitrogen and oxygen atoms in total. The molecule has 0 spiro atoms. The molecule has 1 N–H and O–H groups in total. The smallest absolute Gasteiger partial charge is 0.123 e. The molecule has 0 saturated heterocycles. The molecule has 2 aromatic rings. The van der Waals surface area contributed by atoms with E-state index < -0.39 is 0 Å². The Hall–Kier alpha value is -1.68. The van der Waals surface area contributed by atoms with Crippen LogP contribution in [0.25, 0.3) is 0 Å². The Kier molecular flexibility index (Phi) is 4.32. The van der Waals surface area contributed by atoms with Crippen molar-refractivity contribution in [3.05, 3.63) is 53.1 Å². The first-order valence-corrected chi connectivity index (χ1v) is 6.67. The van der Waals surface area contributed by atoms with Gasteiger partial charge in [-0.2, -0.15) is 5.10 Å². The van der Waals surface area contributed by atoms with Crippen molar-refractivity contribution in [1.29, 1.82) is 0 Å². The topological polar surface area (TPSA) is 29.9 Å². The third-order valence-electron chi connectivity index (χ3n) is 3.24. The van der Waals surface area contributed by atoms with Crippen LogP contribution in [0.1, 0.15) is 36.8 Å². The number of nitrogens with one attached hydrogen (secondary N) is 1. The second-order valence-corrected chi connectivity index (χ2v) is 4.58. The van der Waals surface area contributed by atoms with E-state index in [0.717, 1.165) is 29.9 Å². The molecule has 1 unspecified atom stereocenters. The molecule has 1 heterocycles. The standard InChI is InChI=1S/C15H20FN3/c1-4-13-10-14(19(3)18-13)15(17-5-2)11-6-8-12(16)9-7-11/h6-10,15,17H,4-5H2,1-3H3. The maximum Gasteiger partial charge on any atom is 0.123 e. The summed E-state index contributed by atoms with van der Waals surface area (Å²) in [5.74, 6) is -0.210. The Morgan fingerprint density at radius 2 is 1.95 bits per heavy atom. The van der Waals surface area contributed by atoms with Crippen molar-refractivity contribution in [1.82, 2.24) is 15.1 Å². The first kappa shape index (κ1) is 13.7. The minimum absolute atomic E-state index is 0.0448. The lowest BCUT2D eigenvalue weighted by molar-refractivity contribution is 0.568. The highest BCUT2D eigenvalue weighted by atomic mass is 19.1. The zero-order valence-electron chi connectivity index (χ0n) is 11.7. The number of nitrogens with zero attached hydrogens (tertiary/aromatic N) is 2. The van der Waals surface area contributed by atoms with Gasteiger partial charge in [-0.1, -0.05) is 26.0 Å². The zero-order chi connectivity index (χ0) is 13.8. The van der Waals surface area contributed by atoms with E-state index in [1.165, 1.54) is 12.1 Å². The number of rotatable bonds is 5. The van der Waals surface area contributed by atoms with Gasteiger partial charge in [-0.15, -0.1) is 0 Å². The molecule has 0 saturated carbocycles. The number of halogens is 1. The van der Waals surface area contributed by atoms with Crippen LogP contribution in [0.5, 0.6) is 0 Å². The minimum atomic E-state index is -0.210. The van der Waals surface area contributed by atoms with E-state index in [2.05, 4.69) is 30.3 Å². The van der Waals surface area contributed by atoms with E-state index in [1.807, 2.05) is 23.9 Å². The molecule has 0 radical (unpaired) electrons. The first-order valence-electron chi connectivity index (χ1n) is 6.67. The van der Waals surface area contributed by atoms with E-state index in [1.54, 1.807) is 0 Å². The predicted octanol–water partition coefficient (Wildman–Crippen LogP) is 2.82. The van der Waals surface area contributed by atoms with E-state index in [-0.39, 0.29) is 11.9 Å². The fourth-order valence-corrected chi connectivity index (χ4v) is 2.24. The van der Waals surface area contributed by atoms with Crippen molar-refractivity contribution in [3.63, 3.8) is 0 Å². The third kappa shape index (κ3) is 3.01. The van der Waals surface area contributed by atoms with Crippen LogP contribution in [-0.4, -0.2) is 16.3 Å². The lowest BCUT2D eigenvalue weighted by Gasteiger charge is -2.18. The number of hydrogen-bond donors (Lipinski definition) is 1. The van der Waals surface area contributed by atoms with E-state index in [9.17, 15) is 4.39 Å². The lowest BCUT2D eigenvalue weighted by Crippen LogP contribution is -2.24. The summed E-state index contributed by atoms with van der Waals surface area (Å²) in [6.07, 6.45) is 0.913. The highest BCUT2D eigenvalue weighted by molar-refractivity contribution is 5.29. The summed E-state index contributed by atoms with van der Waals surface area (Å²) in [6.45, 7) is 4.99. The lowest BCUT2D eigenvalue weighted by atomic mass is 10.0. The van der Waals surface area contributed by atoms with Crippen LogP contribution in [0.2, 0.25) is 0 Å². The minimum Gasteiger partial charge on any atom is -0.305 e. The molecule has 4 heteroatoms. The van der Waals surface area contributed by atoms with E-state index >= 15 is 0 Å². The summed E-state index contributed by atoms with van der Waals surface area (Å²) >= 11 is 0. The quantitative estimate of drug-likeness (QED) is 0.897. The van der Waals surface area contributed by atoms with E-state index in [4.69, 9.17) is 0 Å². The van der Waals surface area contributed by atoms with Gasteiger partial charge in [-0.3, -0.25) is 4.68 Å². The average Bonchev–Trinajstić information content (AvgIpc) is 2.78. The van der Waals surface area contributed by atoms with Gasteiger partial charge in [0.1, 0.15) is 5.82 Å². The number of aromatic nitrogens is 2. The van der Waals surface area contributed by atoms with Gasteiger partial charge in [0, 0.05) is 7.05 Å². The largest absolute Gasteiger partial charge is 0.305 e. The van der Waals surface area contributed by atoms with Crippen LogP contribution < -0.4 is 5.32 Å². The molecule has 1 aromatic carbocycles. The van der Waals surface area contributed by atoms with Crippen LogP contribution in [-0.2, 0) is 13.5 Å². The first-order chi connectivity index (χ1) is 9.15. The molecule has 0 fully saturated rings. The van der Waals surface area contributed by atoms with Gasteiger partial charge in [0.25, 0.3) is 0 Å². The van der Waals surface area contributed by atoms with Crippen LogP contribution in [0, 0.1) is 5.82 Å². The van der Waals surface area contributed by atoms with Crippen LogP contribution in [0.15, 0.2) is 30.3 Å². The molecule has 0 bridgehead atoms. The molecule has 0 aliphatic heterocycles.